The minimum Gasteiger partial charge on any atom is -0.491 e. The summed E-state index contributed by atoms with van der Waals surface area (Å²) in [6.07, 6.45) is 4.78. The van der Waals surface area contributed by atoms with Crippen molar-refractivity contribution in [2.75, 3.05) is 19.7 Å². The Labute approximate surface area is 128 Å². The summed E-state index contributed by atoms with van der Waals surface area (Å²) in [6.45, 7) is 8.33. The predicted molar refractivity (Wildman–Crippen MR) is 86.9 cm³/mol. The van der Waals surface area contributed by atoms with Crippen LogP contribution in [0.5, 0.6) is 5.75 Å². The van der Waals surface area contributed by atoms with Crippen LogP contribution in [0.15, 0.2) is 18.2 Å². The molecule has 2 N–H and O–H groups in total. The van der Waals surface area contributed by atoms with Gasteiger partial charge in [0.1, 0.15) is 18.5 Å². The maximum Gasteiger partial charge on any atom is 0.122 e. The summed E-state index contributed by atoms with van der Waals surface area (Å²) in [7, 11) is 0. The van der Waals surface area contributed by atoms with Crippen LogP contribution in [0.25, 0.3) is 0 Å². The molecule has 1 aromatic carbocycles. The fourth-order valence-corrected chi connectivity index (χ4v) is 3.04. The summed E-state index contributed by atoms with van der Waals surface area (Å²) >= 11 is 0. The third-order valence-electron chi connectivity index (χ3n) is 4.81. The standard InChI is InChI=1S/C18H29NO2/c1-4-18(8-5-9-18)13-19-11-16(20)12-21-17-7-6-14(2)10-15(17)3/h6-7,10,16,19-20H,4-5,8-9,11-13H2,1-3H3. The van der Waals surface area contributed by atoms with E-state index in [-0.39, 0.29) is 0 Å². The van der Waals surface area contributed by atoms with E-state index in [4.69, 9.17) is 4.74 Å². The van der Waals surface area contributed by atoms with Crippen LogP contribution < -0.4 is 10.1 Å². The number of hydrogen-bond acceptors (Lipinski definition) is 3. The second-order valence-corrected chi connectivity index (χ2v) is 6.57. The van der Waals surface area contributed by atoms with Gasteiger partial charge in [-0.15, -0.1) is 0 Å². The number of ether oxygens (including phenoxy) is 1. The van der Waals surface area contributed by atoms with Gasteiger partial charge in [0.2, 0.25) is 0 Å². The molecule has 1 aliphatic carbocycles. The molecule has 21 heavy (non-hydrogen) atoms. The van der Waals surface area contributed by atoms with E-state index in [0.717, 1.165) is 17.9 Å². The highest BCUT2D eigenvalue weighted by Crippen LogP contribution is 2.42. The Bertz CT molecular complexity index is 449. The minimum absolute atomic E-state index is 0.343. The van der Waals surface area contributed by atoms with Crippen molar-refractivity contribution in [2.45, 2.75) is 52.6 Å². The Hall–Kier alpha value is -1.06. The van der Waals surface area contributed by atoms with Crippen LogP contribution in [0.1, 0.15) is 43.7 Å². The summed E-state index contributed by atoms with van der Waals surface area (Å²) in [6, 6.07) is 6.11. The first-order valence-electron chi connectivity index (χ1n) is 8.13. The molecule has 0 amide bonds. The molecule has 1 atom stereocenters. The van der Waals surface area contributed by atoms with Crippen LogP contribution in [0, 0.1) is 19.3 Å². The van der Waals surface area contributed by atoms with Crippen molar-refractivity contribution in [2.24, 2.45) is 5.41 Å². The van der Waals surface area contributed by atoms with E-state index in [0.29, 0.717) is 18.6 Å². The van der Waals surface area contributed by atoms with Crippen molar-refractivity contribution in [1.82, 2.24) is 5.32 Å². The molecule has 1 aromatic rings. The molecule has 0 spiro atoms. The van der Waals surface area contributed by atoms with E-state index in [9.17, 15) is 5.11 Å². The van der Waals surface area contributed by atoms with E-state index < -0.39 is 6.10 Å². The van der Waals surface area contributed by atoms with Gasteiger partial charge in [-0.25, -0.2) is 0 Å². The van der Waals surface area contributed by atoms with Crippen molar-refractivity contribution < 1.29 is 9.84 Å². The summed E-state index contributed by atoms with van der Waals surface area (Å²) in [5.74, 6) is 0.865. The lowest BCUT2D eigenvalue weighted by molar-refractivity contribution is 0.0867. The molecular formula is C18H29NO2. The largest absolute Gasteiger partial charge is 0.491 e. The normalized spacial score (nSPS) is 18.1. The number of aliphatic hydroxyl groups is 1. The molecule has 1 aliphatic rings. The van der Waals surface area contributed by atoms with Crippen LogP contribution in [-0.4, -0.2) is 30.9 Å². The Balaban J connectivity index is 1.68. The van der Waals surface area contributed by atoms with Crippen LogP contribution >= 0.6 is 0 Å². The van der Waals surface area contributed by atoms with Gasteiger partial charge in [-0.1, -0.05) is 31.0 Å². The first kappa shape index (κ1) is 16.3. The number of hydrogen-bond donors (Lipinski definition) is 2. The van der Waals surface area contributed by atoms with Crippen molar-refractivity contribution in [3.8, 4) is 5.75 Å². The van der Waals surface area contributed by atoms with Crippen LogP contribution in [-0.2, 0) is 0 Å². The fourth-order valence-electron chi connectivity index (χ4n) is 3.04. The lowest BCUT2D eigenvalue weighted by atomic mass is 9.67. The first-order valence-corrected chi connectivity index (χ1v) is 8.13. The van der Waals surface area contributed by atoms with Gasteiger partial charge in [0.15, 0.2) is 0 Å². The third-order valence-corrected chi connectivity index (χ3v) is 4.81. The highest BCUT2D eigenvalue weighted by molar-refractivity contribution is 5.35. The summed E-state index contributed by atoms with van der Waals surface area (Å²) in [5.41, 5.74) is 2.84. The maximum atomic E-state index is 10.0. The second kappa shape index (κ2) is 7.28. The molecular weight excluding hydrogens is 262 g/mol. The lowest BCUT2D eigenvalue weighted by Crippen LogP contribution is -2.42. The predicted octanol–water partition coefficient (Wildman–Crippen LogP) is 3.21. The molecule has 2 rings (SSSR count). The van der Waals surface area contributed by atoms with Gasteiger partial charge >= 0.3 is 0 Å². The number of aliphatic hydroxyl groups excluding tert-OH is 1. The molecule has 1 saturated carbocycles. The second-order valence-electron chi connectivity index (χ2n) is 6.57. The number of rotatable bonds is 8. The summed E-state index contributed by atoms with van der Waals surface area (Å²) in [5, 5.41) is 13.4. The molecule has 118 valence electrons. The quantitative estimate of drug-likeness (QED) is 0.773. The average Bonchev–Trinajstić information content (AvgIpc) is 2.41. The number of nitrogens with one attached hydrogen (secondary N) is 1. The SMILES string of the molecule is CCC1(CNCC(O)COc2ccc(C)cc2C)CCC1. The Morgan fingerprint density at radius 2 is 2.10 bits per heavy atom. The summed E-state index contributed by atoms with van der Waals surface area (Å²) in [4.78, 5) is 0. The Morgan fingerprint density at radius 1 is 1.33 bits per heavy atom. The van der Waals surface area contributed by atoms with Gasteiger partial charge in [-0.05, 0) is 50.2 Å². The van der Waals surface area contributed by atoms with Crippen molar-refractivity contribution in [3.63, 3.8) is 0 Å². The Kier molecular flexibility index (Phi) is 5.65. The number of benzene rings is 1. The van der Waals surface area contributed by atoms with E-state index in [2.05, 4.69) is 25.2 Å². The summed E-state index contributed by atoms with van der Waals surface area (Å²) < 4.78 is 5.71. The van der Waals surface area contributed by atoms with Gasteiger partial charge in [0.05, 0.1) is 0 Å². The van der Waals surface area contributed by atoms with E-state index in [1.807, 2.05) is 19.1 Å². The molecule has 3 heteroatoms. The van der Waals surface area contributed by atoms with Crippen molar-refractivity contribution >= 4 is 0 Å². The minimum atomic E-state index is -0.459. The third kappa shape index (κ3) is 4.45. The number of aryl methyl sites for hydroxylation is 2. The fraction of sp³-hybridized carbons (Fsp3) is 0.667. The zero-order chi connectivity index (χ0) is 15.3. The molecule has 0 heterocycles. The van der Waals surface area contributed by atoms with Crippen LogP contribution in [0.4, 0.5) is 0 Å². The maximum absolute atomic E-state index is 10.0. The topological polar surface area (TPSA) is 41.5 Å². The van der Waals surface area contributed by atoms with Crippen LogP contribution in [0.2, 0.25) is 0 Å². The molecule has 1 fully saturated rings. The van der Waals surface area contributed by atoms with E-state index >= 15 is 0 Å². The van der Waals surface area contributed by atoms with Crippen molar-refractivity contribution in [1.29, 1.82) is 0 Å². The van der Waals surface area contributed by atoms with Crippen molar-refractivity contribution in [3.05, 3.63) is 29.3 Å². The lowest BCUT2D eigenvalue weighted by Gasteiger charge is -2.41. The van der Waals surface area contributed by atoms with Gasteiger partial charge < -0.3 is 15.2 Å². The highest BCUT2D eigenvalue weighted by Gasteiger charge is 2.34. The monoisotopic (exact) mass is 291 g/mol. The molecule has 3 nitrogen and oxygen atoms in total. The van der Waals surface area contributed by atoms with Gasteiger partial charge in [-0.3, -0.25) is 0 Å². The molecule has 0 bridgehead atoms. The smallest absolute Gasteiger partial charge is 0.122 e. The average molecular weight is 291 g/mol. The molecule has 0 radical (unpaired) electrons. The first-order chi connectivity index (χ1) is 10.0. The van der Waals surface area contributed by atoms with Gasteiger partial charge in [0.25, 0.3) is 0 Å². The zero-order valence-corrected chi connectivity index (χ0v) is 13.6. The van der Waals surface area contributed by atoms with Crippen LogP contribution in [0.3, 0.4) is 0 Å². The van der Waals surface area contributed by atoms with Gasteiger partial charge in [0, 0.05) is 13.1 Å². The molecule has 0 saturated heterocycles. The molecule has 1 unspecified atom stereocenters. The molecule has 0 aromatic heterocycles. The van der Waals surface area contributed by atoms with Gasteiger partial charge in [-0.2, -0.15) is 0 Å². The highest BCUT2D eigenvalue weighted by atomic mass is 16.5. The molecule has 0 aliphatic heterocycles. The van der Waals surface area contributed by atoms with E-state index in [1.165, 1.54) is 31.2 Å². The zero-order valence-electron chi connectivity index (χ0n) is 13.6. The van der Waals surface area contributed by atoms with E-state index in [1.54, 1.807) is 0 Å². The Morgan fingerprint density at radius 3 is 2.67 bits per heavy atom.